The molecule has 0 radical (unpaired) electrons. The summed E-state index contributed by atoms with van der Waals surface area (Å²) in [4.78, 5) is 8.93. The number of fused-ring (bicyclic) bond motifs is 1. The van der Waals surface area contributed by atoms with Crippen LogP contribution in [0, 0.1) is 12.8 Å². The molecule has 226 valence electrons. The lowest BCUT2D eigenvalue weighted by Gasteiger charge is -2.34. The molecule has 2 fully saturated rings. The van der Waals surface area contributed by atoms with E-state index in [0.29, 0.717) is 30.9 Å². The molecule has 1 saturated heterocycles. The van der Waals surface area contributed by atoms with E-state index in [0.717, 1.165) is 23.6 Å². The van der Waals surface area contributed by atoms with Crippen molar-refractivity contribution in [2.45, 2.75) is 90.4 Å². The zero-order chi connectivity index (χ0) is 30.2. The van der Waals surface area contributed by atoms with Crippen molar-refractivity contribution in [2.75, 3.05) is 6.54 Å². The van der Waals surface area contributed by atoms with Crippen LogP contribution in [0.4, 0.5) is 22.0 Å². The van der Waals surface area contributed by atoms with Gasteiger partial charge in [0.05, 0.1) is 41.2 Å². The van der Waals surface area contributed by atoms with Crippen LogP contribution < -0.4 is 10.6 Å². The van der Waals surface area contributed by atoms with E-state index in [-0.39, 0.29) is 31.7 Å². The maximum Gasteiger partial charge on any atom is 0.386 e. The van der Waals surface area contributed by atoms with Crippen molar-refractivity contribution in [3.8, 4) is 0 Å². The maximum absolute atomic E-state index is 13.8. The van der Waals surface area contributed by atoms with Gasteiger partial charge in [0.15, 0.2) is 0 Å². The minimum absolute atomic E-state index is 0.00961. The number of nitrogens with zero attached hydrogens (tertiary/aromatic N) is 6. The highest BCUT2D eigenvalue weighted by Gasteiger charge is 2.39. The molecular weight excluding hydrogens is 543 g/mol. The molecule has 2 N–H and O–H groups in total. The Hall–Kier alpha value is -3.51. The third-order valence-corrected chi connectivity index (χ3v) is 6.81. The van der Waals surface area contributed by atoms with Crippen molar-refractivity contribution in [3.05, 3.63) is 60.6 Å². The van der Waals surface area contributed by atoms with Crippen LogP contribution in [0.15, 0.2) is 43.5 Å². The van der Waals surface area contributed by atoms with Crippen molar-refractivity contribution in [2.24, 2.45) is 5.92 Å². The van der Waals surface area contributed by atoms with Crippen LogP contribution >= 0.6 is 0 Å². The molecule has 0 bridgehead atoms. The first kappa shape index (κ1) is 32.0. The van der Waals surface area contributed by atoms with Gasteiger partial charge >= 0.3 is 6.18 Å². The number of alkyl halides is 5. The van der Waals surface area contributed by atoms with Crippen molar-refractivity contribution in [1.82, 2.24) is 40.0 Å². The molecule has 3 aromatic heterocycles. The SMILES string of the molecule is C=C(NC(c1cn2nc(C)cnc2n1)C1CCC(F)(F)CC1)c1ccnn1CC.C=C1CCCCN1.CC(F)(F)F. The van der Waals surface area contributed by atoms with Gasteiger partial charge in [-0.05, 0) is 57.9 Å². The summed E-state index contributed by atoms with van der Waals surface area (Å²) in [5.74, 6) is -2.09. The number of hydrogen-bond acceptors (Lipinski definition) is 6. The molecule has 13 heteroatoms. The molecule has 41 heavy (non-hydrogen) atoms. The van der Waals surface area contributed by atoms with Crippen molar-refractivity contribution >= 4 is 11.5 Å². The van der Waals surface area contributed by atoms with Gasteiger partial charge in [0.1, 0.15) is 0 Å². The van der Waals surface area contributed by atoms with Crippen LogP contribution in [0.2, 0.25) is 0 Å². The van der Waals surface area contributed by atoms with Gasteiger partial charge in [-0.1, -0.05) is 13.2 Å². The highest BCUT2D eigenvalue weighted by atomic mass is 19.4. The number of halogens is 5. The van der Waals surface area contributed by atoms with Gasteiger partial charge in [-0.15, -0.1) is 0 Å². The Balaban J connectivity index is 0.000000321. The average molecular weight is 583 g/mol. The quantitative estimate of drug-likeness (QED) is 0.318. The third kappa shape index (κ3) is 10.1. The van der Waals surface area contributed by atoms with Crippen LogP contribution in [0.1, 0.15) is 81.9 Å². The van der Waals surface area contributed by atoms with E-state index in [1.807, 2.05) is 30.8 Å². The number of aryl methyl sites for hydroxylation is 2. The largest absolute Gasteiger partial charge is 0.389 e. The molecular formula is C28H39F5N8. The molecule has 5 rings (SSSR count). The van der Waals surface area contributed by atoms with Crippen molar-refractivity contribution < 1.29 is 22.0 Å². The minimum atomic E-state index is -4.00. The summed E-state index contributed by atoms with van der Waals surface area (Å²) < 4.78 is 62.0. The van der Waals surface area contributed by atoms with Gasteiger partial charge in [-0.25, -0.2) is 23.3 Å². The second-order valence-corrected chi connectivity index (χ2v) is 10.4. The number of hydrogen-bond donors (Lipinski definition) is 2. The lowest BCUT2D eigenvalue weighted by Crippen LogP contribution is -2.34. The zero-order valence-corrected chi connectivity index (χ0v) is 23.8. The summed E-state index contributed by atoms with van der Waals surface area (Å²) in [5, 5.41) is 15.3. The van der Waals surface area contributed by atoms with E-state index in [1.54, 1.807) is 16.9 Å². The lowest BCUT2D eigenvalue weighted by atomic mass is 9.81. The second kappa shape index (κ2) is 13.9. The summed E-state index contributed by atoms with van der Waals surface area (Å²) in [6, 6.07) is 1.63. The van der Waals surface area contributed by atoms with Gasteiger partial charge < -0.3 is 10.6 Å². The van der Waals surface area contributed by atoms with E-state index in [9.17, 15) is 22.0 Å². The van der Waals surface area contributed by atoms with Crippen LogP contribution in [0.5, 0.6) is 0 Å². The van der Waals surface area contributed by atoms with E-state index in [2.05, 4.69) is 44.0 Å². The Morgan fingerprint density at radius 3 is 2.49 bits per heavy atom. The normalized spacial score (nSPS) is 17.9. The molecule has 1 atom stereocenters. The monoisotopic (exact) mass is 582 g/mol. The number of allylic oxidation sites excluding steroid dienone is 1. The number of aromatic nitrogens is 6. The Bertz CT molecular complexity index is 1270. The first-order chi connectivity index (χ1) is 19.3. The third-order valence-electron chi connectivity index (χ3n) is 6.81. The molecule has 0 amide bonds. The van der Waals surface area contributed by atoms with Gasteiger partial charge in [0.25, 0.3) is 5.78 Å². The Kier molecular flexibility index (Phi) is 10.9. The Morgan fingerprint density at radius 2 is 1.93 bits per heavy atom. The van der Waals surface area contributed by atoms with E-state index in [4.69, 9.17) is 0 Å². The topological polar surface area (TPSA) is 85.0 Å². The number of rotatable bonds is 6. The molecule has 8 nitrogen and oxygen atoms in total. The average Bonchev–Trinajstić information content (AvgIpc) is 3.54. The van der Waals surface area contributed by atoms with Crippen LogP contribution in [0.3, 0.4) is 0 Å². The molecule has 2 aliphatic rings. The van der Waals surface area contributed by atoms with Gasteiger partial charge in [0.2, 0.25) is 5.92 Å². The summed E-state index contributed by atoms with van der Waals surface area (Å²) in [6.07, 6.45) is 5.64. The van der Waals surface area contributed by atoms with E-state index < -0.39 is 12.1 Å². The molecule has 3 aromatic rings. The summed E-state index contributed by atoms with van der Waals surface area (Å²) in [7, 11) is 0. The van der Waals surface area contributed by atoms with Crippen LogP contribution in [-0.4, -0.2) is 48.0 Å². The Labute approximate surface area is 237 Å². The second-order valence-electron chi connectivity index (χ2n) is 10.4. The van der Waals surface area contributed by atoms with E-state index in [1.165, 1.54) is 25.0 Å². The minimum Gasteiger partial charge on any atom is -0.389 e. The summed E-state index contributed by atoms with van der Waals surface area (Å²) in [6.45, 7) is 13.9. The molecule has 0 spiro atoms. The highest BCUT2D eigenvalue weighted by molar-refractivity contribution is 5.59. The predicted molar refractivity (Wildman–Crippen MR) is 148 cm³/mol. The fraction of sp³-hybridized carbons (Fsp3) is 0.571. The van der Waals surface area contributed by atoms with Crippen LogP contribution in [-0.2, 0) is 6.54 Å². The maximum atomic E-state index is 13.8. The van der Waals surface area contributed by atoms with E-state index >= 15 is 0 Å². The molecule has 1 aliphatic heterocycles. The highest BCUT2D eigenvalue weighted by Crippen LogP contribution is 2.41. The van der Waals surface area contributed by atoms with Crippen LogP contribution in [0.25, 0.3) is 11.5 Å². The number of imidazole rings is 1. The number of piperidine rings is 1. The molecule has 1 aliphatic carbocycles. The van der Waals surface area contributed by atoms with Crippen molar-refractivity contribution in [3.63, 3.8) is 0 Å². The Morgan fingerprint density at radius 1 is 1.24 bits per heavy atom. The summed E-state index contributed by atoms with van der Waals surface area (Å²) in [5.41, 5.74) is 4.29. The molecule has 1 unspecified atom stereocenters. The van der Waals surface area contributed by atoms with Gasteiger partial charge in [0, 0.05) is 44.7 Å². The molecule has 1 saturated carbocycles. The fourth-order valence-electron chi connectivity index (χ4n) is 4.79. The first-order valence-electron chi connectivity index (χ1n) is 13.8. The standard InChI is InChI=1S/C20H25F2N7.C6H11N.C2H3F3/c1-4-28-17(7-10-24-28)14(3)25-18(15-5-8-20(21,22)9-6-15)16-12-29-19(26-16)23-11-13(2)27-29;1-6-4-2-3-5-7-6;1-2(3,4)5/h7,10-12,15,18,25H,3-6,8-9H2,1-2H3;7H,1-5H2;1H3. The van der Waals surface area contributed by atoms with Crippen molar-refractivity contribution in [1.29, 1.82) is 0 Å². The molecule has 0 aromatic carbocycles. The van der Waals surface area contributed by atoms with Gasteiger partial charge in [-0.2, -0.15) is 23.4 Å². The number of nitrogens with one attached hydrogen (secondary N) is 2. The fourth-order valence-corrected chi connectivity index (χ4v) is 4.79. The van der Waals surface area contributed by atoms with Gasteiger partial charge in [-0.3, -0.25) is 4.68 Å². The molecule has 4 heterocycles. The first-order valence-corrected chi connectivity index (χ1v) is 13.8. The predicted octanol–water partition coefficient (Wildman–Crippen LogP) is 6.62. The smallest absolute Gasteiger partial charge is 0.386 e. The lowest BCUT2D eigenvalue weighted by molar-refractivity contribution is -0.110. The zero-order valence-electron chi connectivity index (χ0n) is 23.8. The summed E-state index contributed by atoms with van der Waals surface area (Å²) >= 11 is 0.